The van der Waals surface area contributed by atoms with Crippen molar-refractivity contribution in [2.75, 3.05) is 0 Å². The van der Waals surface area contributed by atoms with E-state index in [9.17, 15) is 0 Å². The van der Waals surface area contributed by atoms with Crippen LogP contribution in [0.25, 0.3) is 110 Å². The molecule has 3 aromatic heterocycles. The second-order valence-electron chi connectivity index (χ2n) is 14.0. The van der Waals surface area contributed by atoms with Crippen molar-refractivity contribution in [3.8, 4) is 44.8 Å². The van der Waals surface area contributed by atoms with E-state index in [-0.39, 0.29) is 0 Å². The highest BCUT2D eigenvalue weighted by Crippen LogP contribution is 2.48. The normalized spacial score (nSPS) is 12.2. The summed E-state index contributed by atoms with van der Waals surface area (Å²) >= 11 is 0. The van der Waals surface area contributed by atoms with Gasteiger partial charge in [-0.25, -0.2) is 0 Å². The van der Waals surface area contributed by atoms with Gasteiger partial charge in [0.15, 0.2) is 0 Å². The first-order valence-electron chi connectivity index (χ1n) is 17.9. The summed E-state index contributed by atoms with van der Waals surface area (Å²) in [6, 6.07) is 60.4. The highest BCUT2D eigenvalue weighted by Gasteiger charge is 2.23. The quantitative estimate of drug-likeness (QED) is 0.185. The van der Waals surface area contributed by atoms with Crippen molar-refractivity contribution < 1.29 is 0 Å². The zero-order chi connectivity index (χ0) is 33.9. The minimum Gasteiger partial charge on any atom is -0.309 e. The van der Waals surface area contributed by atoms with Gasteiger partial charge in [-0.2, -0.15) is 0 Å². The standard InChI is InChI=1S/C49H29N3/c1-2-12-35(13-3-1)51-47-20-18-33(26-41(47)42-24-30-9-4-5-10-31(30)27-48(42)51)32-17-19-46-40(25-32)38-14-6-7-16-45(38)52(46)36-23-34-11-8-15-39-44-29-50-22-21-37(44)43(28-36)49(34)39/h1-29H. The summed E-state index contributed by atoms with van der Waals surface area (Å²) < 4.78 is 4.85. The molecule has 0 aliphatic heterocycles. The van der Waals surface area contributed by atoms with Gasteiger partial charge in [0.05, 0.1) is 22.1 Å². The summed E-state index contributed by atoms with van der Waals surface area (Å²) in [5.41, 5.74) is 14.6. The number of hydrogen-bond donors (Lipinski definition) is 0. The molecule has 3 heterocycles. The van der Waals surface area contributed by atoms with Crippen LogP contribution in [0, 0.1) is 0 Å². The molecule has 11 aromatic rings. The summed E-state index contributed by atoms with van der Waals surface area (Å²) in [5, 5.41) is 10.1. The van der Waals surface area contributed by atoms with Crippen molar-refractivity contribution in [2.24, 2.45) is 0 Å². The van der Waals surface area contributed by atoms with Crippen molar-refractivity contribution in [3.05, 3.63) is 176 Å². The first kappa shape index (κ1) is 27.8. The van der Waals surface area contributed by atoms with E-state index in [1.54, 1.807) is 0 Å². The van der Waals surface area contributed by atoms with Crippen LogP contribution in [0.5, 0.6) is 0 Å². The van der Waals surface area contributed by atoms with Crippen LogP contribution in [0.3, 0.4) is 0 Å². The van der Waals surface area contributed by atoms with Crippen LogP contribution in [0.4, 0.5) is 0 Å². The average molecular weight is 660 g/mol. The van der Waals surface area contributed by atoms with Gasteiger partial charge in [0.1, 0.15) is 0 Å². The van der Waals surface area contributed by atoms with E-state index in [0.29, 0.717) is 0 Å². The lowest BCUT2D eigenvalue weighted by Crippen LogP contribution is -1.95. The maximum atomic E-state index is 4.47. The number of hydrogen-bond acceptors (Lipinski definition) is 1. The highest BCUT2D eigenvalue weighted by molar-refractivity contribution is 6.18. The number of nitrogens with zero attached hydrogens (tertiary/aromatic N) is 3. The smallest absolute Gasteiger partial charge is 0.0547 e. The van der Waals surface area contributed by atoms with E-state index in [0.717, 1.165) is 0 Å². The Balaban J connectivity index is 1.08. The maximum Gasteiger partial charge on any atom is 0.0547 e. The van der Waals surface area contributed by atoms with Crippen molar-refractivity contribution in [1.82, 2.24) is 14.1 Å². The van der Waals surface area contributed by atoms with Gasteiger partial charge in [-0.05, 0) is 122 Å². The molecule has 3 heteroatoms. The Bertz CT molecular complexity index is 3290. The molecule has 1 aliphatic carbocycles. The molecule has 0 amide bonds. The fraction of sp³-hybridized carbons (Fsp3) is 0. The van der Waals surface area contributed by atoms with Crippen molar-refractivity contribution >= 4 is 65.2 Å². The Hall–Kier alpha value is -6.97. The summed E-state index contributed by atoms with van der Waals surface area (Å²) in [4.78, 5) is 4.47. The summed E-state index contributed by atoms with van der Waals surface area (Å²) in [6.07, 6.45) is 3.91. The van der Waals surface area contributed by atoms with E-state index < -0.39 is 0 Å². The molecular formula is C49H29N3. The summed E-state index contributed by atoms with van der Waals surface area (Å²) in [6.45, 7) is 0. The molecule has 0 atom stereocenters. The predicted molar refractivity (Wildman–Crippen MR) is 218 cm³/mol. The van der Waals surface area contributed by atoms with Crippen molar-refractivity contribution in [1.29, 1.82) is 0 Å². The number of aromatic nitrogens is 3. The van der Waals surface area contributed by atoms with Gasteiger partial charge in [-0.15, -0.1) is 0 Å². The monoisotopic (exact) mass is 659 g/mol. The fourth-order valence-electron chi connectivity index (χ4n) is 8.99. The van der Waals surface area contributed by atoms with Crippen molar-refractivity contribution in [2.45, 2.75) is 0 Å². The Morgan fingerprint density at radius 3 is 1.83 bits per heavy atom. The van der Waals surface area contributed by atoms with Gasteiger partial charge in [-0.3, -0.25) is 4.98 Å². The number of pyridine rings is 1. The number of benzene rings is 8. The van der Waals surface area contributed by atoms with Gasteiger partial charge in [0.2, 0.25) is 0 Å². The van der Waals surface area contributed by atoms with Crippen LogP contribution in [-0.4, -0.2) is 14.1 Å². The molecule has 0 N–H and O–H groups in total. The van der Waals surface area contributed by atoms with Gasteiger partial charge >= 0.3 is 0 Å². The number of rotatable bonds is 3. The Kier molecular flexibility index (Phi) is 5.50. The maximum absolute atomic E-state index is 4.47. The second kappa shape index (κ2) is 10.3. The predicted octanol–water partition coefficient (Wildman–Crippen LogP) is 12.9. The van der Waals surface area contributed by atoms with Crippen LogP contribution < -0.4 is 0 Å². The van der Waals surface area contributed by atoms with Crippen LogP contribution in [0.1, 0.15) is 0 Å². The Labute approximate surface area is 299 Å². The molecule has 0 fully saturated rings. The second-order valence-corrected chi connectivity index (χ2v) is 14.0. The fourth-order valence-corrected chi connectivity index (χ4v) is 8.99. The average Bonchev–Trinajstić information content (AvgIpc) is 3.83. The van der Waals surface area contributed by atoms with E-state index in [1.807, 2.05) is 12.4 Å². The SMILES string of the molecule is c1ccc(-n2c3ccc(-c4ccc5c(c4)c4ccccc4n5-c4cc5c6c(cccc6c4)-c4cnccc4-5)cc3c3cc4ccccc4cc32)cc1. The first-order valence-corrected chi connectivity index (χ1v) is 17.9. The minimum atomic E-state index is 1.17. The van der Waals surface area contributed by atoms with Gasteiger partial charge < -0.3 is 9.13 Å². The molecule has 0 radical (unpaired) electrons. The van der Waals surface area contributed by atoms with Crippen LogP contribution >= 0.6 is 0 Å². The third kappa shape index (κ3) is 3.77. The molecule has 52 heavy (non-hydrogen) atoms. The van der Waals surface area contributed by atoms with Gasteiger partial charge in [0.25, 0.3) is 0 Å². The molecule has 0 bridgehead atoms. The van der Waals surface area contributed by atoms with E-state index in [1.165, 1.54) is 110 Å². The molecule has 3 nitrogen and oxygen atoms in total. The Morgan fingerprint density at radius 1 is 0.346 bits per heavy atom. The highest BCUT2D eigenvalue weighted by atomic mass is 15.0. The zero-order valence-electron chi connectivity index (χ0n) is 28.1. The molecule has 0 spiro atoms. The third-order valence-corrected chi connectivity index (χ3v) is 11.3. The lowest BCUT2D eigenvalue weighted by atomic mass is 10.00. The molecule has 0 unspecified atom stereocenters. The number of para-hydroxylation sites is 2. The molecule has 1 aliphatic rings. The Morgan fingerprint density at radius 2 is 1.00 bits per heavy atom. The van der Waals surface area contributed by atoms with Crippen LogP contribution in [0.2, 0.25) is 0 Å². The summed E-state index contributed by atoms with van der Waals surface area (Å²) in [7, 11) is 0. The summed E-state index contributed by atoms with van der Waals surface area (Å²) in [5.74, 6) is 0. The molecule has 240 valence electrons. The van der Waals surface area contributed by atoms with E-state index in [4.69, 9.17) is 0 Å². The lowest BCUT2D eigenvalue weighted by molar-refractivity contribution is 1.18. The first-order chi connectivity index (χ1) is 25.8. The largest absolute Gasteiger partial charge is 0.309 e. The molecule has 12 rings (SSSR count). The number of fused-ring (bicyclic) bond motifs is 10. The van der Waals surface area contributed by atoms with Crippen LogP contribution in [0.15, 0.2) is 176 Å². The minimum absolute atomic E-state index is 1.17. The topological polar surface area (TPSA) is 22.8 Å². The molecular weight excluding hydrogens is 631 g/mol. The molecule has 0 saturated heterocycles. The van der Waals surface area contributed by atoms with Crippen LogP contribution in [-0.2, 0) is 0 Å². The lowest BCUT2D eigenvalue weighted by Gasteiger charge is -2.12. The van der Waals surface area contributed by atoms with Gasteiger partial charge in [-0.1, -0.05) is 91.0 Å². The van der Waals surface area contributed by atoms with Crippen molar-refractivity contribution in [3.63, 3.8) is 0 Å². The van der Waals surface area contributed by atoms with E-state index >= 15 is 0 Å². The zero-order valence-corrected chi connectivity index (χ0v) is 28.1. The van der Waals surface area contributed by atoms with Gasteiger partial charge in [0, 0.05) is 50.9 Å². The molecule has 8 aromatic carbocycles. The third-order valence-electron chi connectivity index (χ3n) is 11.3. The molecule has 0 saturated carbocycles. The van der Waals surface area contributed by atoms with E-state index in [2.05, 4.69) is 178 Å².